The number of carboxylic acid groups (broad SMARTS) is 2. The Hall–Kier alpha value is -3.62. The van der Waals surface area contributed by atoms with Crippen molar-refractivity contribution < 1.29 is 29.3 Å². The standard InChI is InChI=1S/C24H24N2O6.ClH/c25-17(12-15-6-2-1-3-7-15)14-32-20-11-10-16-8-4-5-9-18(16)22(20)23(29)26-19(24(30)31)13-21(27)28;/h1-11,17,19H,12-14,25H2,(H,26,29)(H,27,28)(H,30,31);1H/t17-,19+;/m1./s1. The molecule has 0 aliphatic rings. The van der Waals surface area contributed by atoms with Crippen LogP contribution in [0, 0.1) is 0 Å². The molecule has 0 bridgehead atoms. The van der Waals surface area contributed by atoms with Gasteiger partial charge in [-0.25, -0.2) is 4.79 Å². The van der Waals surface area contributed by atoms with E-state index < -0.39 is 30.3 Å². The Morgan fingerprint density at radius 2 is 1.61 bits per heavy atom. The maximum absolute atomic E-state index is 13.0. The number of benzene rings is 3. The number of hydrogen-bond acceptors (Lipinski definition) is 5. The van der Waals surface area contributed by atoms with Crippen LogP contribution < -0.4 is 15.8 Å². The van der Waals surface area contributed by atoms with Gasteiger partial charge in [0.25, 0.3) is 5.91 Å². The SMILES string of the molecule is Cl.N[C@@H](COc1ccc2ccccc2c1C(=O)N[C@@H](CC(=O)O)C(=O)O)Cc1ccccc1. The number of carboxylic acids is 2. The van der Waals surface area contributed by atoms with E-state index >= 15 is 0 Å². The second-order valence-corrected chi connectivity index (χ2v) is 7.38. The van der Waals surface area contributed by atoms with E-state index in [1.165, 1.54) is 0 Å². The van der Waals surface area contributed by atoms with Crippen molar-refractivity contribution in [1.29, 1.82) is 0 Å². The van der Waals surface area contributed by atoms with Gasteiger partial charge in [-0.15, -0.1) is 12.4 Å². The van der Waals surface area contributed by atoms with Crippen molar-refractivity contribution in [1.82, 2.24) is 5.32 Å². The predicted molar refractivity (Wildman–Crippen MR) is 126 cm³/mol. The fraction of sp³-hybridized carbons (Fsp3) is 0.208. The smallest absolute Gasteiger partial charge is 0.326 e. The van der Waals surface area contributed by atoms with Gasteiger partial charge in [0.1, 0.15) is 18.4 Å². The number of rotatable bonds is 10. The van der Waals surface area contributed by atoms with Crippen LogP contribution in [0.3, 0.4) is 0 Å². The Morgan fingerprint density at radius 3 is 2.27 bits per heavy atom. The zero-order chi connectivity index (χ0) is 23.1. The Kier molecular flexibility index (Phi) is 9.20. The van der Waals surface area contributed by atoms with E-state index in [1.54, 1.807) is 24.3 Å². The molecule has 0 unspecified atom stereocenters. The van der Waals surface area contributed by atoms with E-state index in [0.717, 1.165) is 10.9 Å². The summed E-state index contributed by atoms with van der Waals surface area (Å²) in [6.07, 6.45) is -0.167. The topological polar surface area (TPSA) is 139 Å². The molecule has 1 amide bonds. The van der Waals surface area contributed by atoms with Crippen LogP contribution >= 0.6 is 12.4 Å². The van der Waals surface area contributed by atoms with Crippen molar-refractivity contribution in [2.24, 2.45) is 5.73 Å². The molecular weight excluding hydrogens is 448 g/mol. The van der Waals surface area contributed by atoms with Gasteiger partial charge in [0.15, 0.2) is 0 Å². The van der Waals surface area contributed by atoms with Crippen LogP contribution in [0.15, 0.2) is 66.7 Å². The average Bonchev–Trinajstić information content (AvgIpc) is 2.77. The van der Waals surface area contributed by atoms with Gasteiger partial charge >= 0.3 is 11.9 Å². The van der Waals surface area contributed by atoms with E-state index in [9.17, 15) is 19.5 Å². The zero-order valence-electron chi connectivity index (χ0n) is 17.6. The summed E-state index contributed by atoms with van der Waals surface area (Å²) in [4.78, 5) is 35.4. The van der Waals surface area contributed by atoms with Crippen LogP contribution in [0.5, 0.6) is 5.75 Å². The van der Waals surface area contributed by atoms with Crippen molar-refractivity contribution >= 4 is 41.0 Å². The van der Waals surface area contributed by atoms with Crippen molar-refractivity contribution in [3.05, 3.63) is 77.9 Å². The van der Waals surface area contributed by atoms with Gasteiger partial charge in [0, 0.05) is 6.04 Å². The van der Waals surface area contributed by atoms with Gasteiger partial charge in [-0.05, 0) is 28.8 Å². The number of fused-ring (bicyclic) bond motifs is 1. The lowest BCUT2D eigenvalue weighted by Crippen LogP contribution is -2.42. The van der Waals surface area contributed by atoms with Crippen molar-refractivity contribution in [2.45, 2.75) is 24.9 Å². The molecule has 0 heterocycles. The summed E-state index contributed by atoms with van der Waals surface area (Å²) < 4.78 is 5.87. The van der Waals surface area contributed by atoms with Crippen molar-refractivity contribution in [2.75, 3.05) is 6.61 Å². The highest BCUT2D eigenvalue weighted by Crippen LogP contribution is 2.28. The minimum absolute atomic E-state index is 0. The number of carbonyl (C=O) groups excluding carboxylic acids is 1. The molecule has 3 aromatic rings. The molecule has 0 spiro atoms. The largest absolute Gasteiger partial charge is 0.491 e. The molecule has 9 heteroatoms. The molecular formula is C24H25ClN2O6. The van der Waals surface area contributed by atoms with Gasteiger partial charge in [-0.3, -0.25) is 9.59 Å². The molecule has 0 saturated heterocycles. The maximum atomic E-state index is 13.0. The Labute approximate surface area is 196 Å². The summed E-state index contributed by atoms with van der Waals surface area (Å²) in [5.41, 5.74) is 7.38. The minimum Gasteiger partial charge on any atom is -0.491 e. The molecule has 0 aromatic heterocycles. The summed E-state index contributed by atoms with van der Waals surface area (Å²) in [5, 5.41) is 21.8. The van der Waals surface area contributed by atoms with Crippen LogP contribution in [-0.4, -0.2) is 46.7 Å². The van der Waals surface area contributed by atoms with E-state index in [4.69, 9.17) is 15.6 Å². The summed E-state index contributed by atoms with van der Waals surface area (Å²) in [6, 6.07) is 18.3. The maximum Gasteiger partial charge on any atom is 0.326 e. The second-order valence-electron chi connectivity index (χ2n) is 7.38. The third kappa shape index (κ3) is 6.93. The quantitative estimate of drug-likeness (QED) is 0.355. The normalized spacial score (nSPS) is 12.3. The van der Waals surface area contributed by atoms with Gasteiger partial charge in [0.05, 0.1) is 12.0 Å². The molecule has 2 atom stereocenters. The zero-order valence-corrected chi connectivity index (χ0v) is 18.5. The number of nitrogens with one attached hydrogen (secondary N) is 1. The highest BCUT2D eigenvalue weighted by Gasteiger charge is 2.26. The highest BCUT2D eigenvalue weighted by molar-refractivity contribution is 6.10. The third-order valence-corrected chi connectivity index (χ3v) is 4.89. The summed E-state index contributed by atoms with van der Waals surface area (Å²) in [5.74, 6) is -3.27. The number of carbonyl (C=O) groups is 3. The molecule has 0 fully saturated rings. The molecule has 0 radical (unpaired) electrons. The number of ether oxygens (including phenoxy) is 1. The summed E-state index contributed by atoms with van der Waals surface area (Å²) in [6.45, 7) is 0.130. The first kappa shape index (κ1) is 25.6. The predicted octanol–water partition coefficient (Wildman–Crippen LogP) is 2.87. The van der Waals surface area contributed by atoms with Crippen LogP contribution in [-0.2, 0) is 16.0 Å². The van der Waals surface area contributed by atoms with E-state index in [0.29, 0.717) is 11.8 Å². The first-order chi connectivity index (χ1) is 15.3. The van der Waals surface area contributed by atoms with Crippen molar-refractivity contribution in [3.8, 4) is 5.75 Å². The number of halogens is 1. The second kappa shape index (κ2) is 11.8. The van der Waals surface area contributed by atoms with Crippen LogP contribution in [0.4, 0.5) is 0 Å². The van der Waals surface area contributed by atoms with Crippen molar-refractivity contribution in [3.63, 3.8) is 0 Å². The molecule has 33 heavy (non-hydrogen) atoms. The van der Waals surface area contributed by atoms with Gasteiger partial charge in [-0.1, -0.05) is 60.7 Å². The monoisotopic (exact) mass is 472 g/mol. The lowest BCUT2D eigenvalue weighted by Gasteiger charge is -2.19. The van der Waals surface area contributed by atoms with Gasteiger partial charge in [-0.2, -0.15) is 0 Å². The molecule has 0 aliphatic carbocycles. The third-order valence-electron chi connectivity index (χ3n) is 4.89. The lowest BCUT2D eigenvalue weighted by molar-refractivity contribution is -0.145. The molecule has 0 aliphatic heterocycles. The number of nitrogens with two attached hydrogens (primary N) is 1. The number of aliphatic carboxylic acids is 2. The molecule has 8 nitrogen and oxygen atoms in total. The first-order valence-corrected chi connectivity index (χ1v) is 10.0. The lowest BCUT2D eigenvalue weighted by atomic mass is 10.0. The molecule has 3 rings (SSSR count). The van der Waals surface area contributed by atoms with Crippen LogP contribution in [0.1, 0.15) is 22.3 Å². The molecule has 0 saturated carbocycles. The first-order valence-electron chi connectivity index (χ1n) is 10.0. The molecule has 5 N–H and O–H groups in total. The summed E-state index contributed by atoms with van der Waals surface area (Å²) >= 11 is 0. The van der Waals surface area contributed by atoms with E-state index in [-0.39, 0.29) is 36.4 Å². The average molecular weight is 473 g/mol. The van der Waals surface area contributed by atoms with Gasteiger partial charge in [0.2, 0.25) is 0 Å². The van der Waals surface area contributed by atoms with Gasteiger partial charge < -0.3 is 26.0 Å². The molecule has 174 valence electrons. The number of amides is 1. The molecule has 3 aromatic carbocycles. The Balaban J connectivity index is 0.00000385. The summed E-state index contributed by atoms with van der Waals surface area (Å²) in [7, 11) is 0. The van der Waals surface area contributed by atoms with Crippen LogP contribution in [0.25, 0.3) is 10.8 Å². The van der Waals surface area contributed by atoms with E-state index in [2.05, 4.69) is 5.32 Å². The van der Waals surface area contributed by atoms with Crippen LogP contribution in [0.2, 0.25) is 0 Å². The number of hydrogen-bond donors (Lipinski definition) is 4. The minimum atomic E-state index is -1.58. The Bertz CT molecular complexity index is 1120. The van der Waals surface area contributed by atoms with E-state index in [1.807, 2.05) is 42.5 Å². The highest BCUT2D eigenvalue weighted by atomic mass is 35.5. The fourth-order valence-corrected chi connectivity index (χ4v) is 3.38. The fourth-order valence-electron chi connectivity index (χ4n) is 3.38. The Morgan fingerprint density at radius 1 is 0.939 bits per heavy atom.